The van der Waals surface area contributed by atoms with Gasteiger partial charge in [-0.15, -0.1) is 0 Å². The molecule has 0 unspecified atom stereocenters. The van der Waals surface area contributed by atoms with Crippen LogP contribution in [0.1, 0.15) is 24.1 Å². The summed E-state index contributed by atoms with van der Waals surface area (Å²) in [5.41, 5.74) is 2.23. The first-order chi connectivity index (χ1) is 12.7. The van der Waals surface area contributed by atoms with Crippen LogP contribution in [0.15, 0.2) is 23.3 Å². The van der Waals surface area contributed by atoms with E-state index in [4.69, 9.17) is 0 Å². The van der Waals surface area contributed by atoms with Crippen molar-refractivity contribution in [3.8, 4) is 0 Å². The smallest absolute Gasteiger partial charge is 0.267 e. The third kappa shape index (κ3) is 3.75. The molecule has 0 N–H and O–H groups in total. The molecule has 0 saturated carbocycles. The number of halogens is 1. The maximum atomic E-state index is 12.9. The third-order valence-electron chi connectivity index (χ3n) is 5.16. The van der Waals surface area contributed by atoms with E-state index in [0.717, 1.165) is 69.7 Å². The van der Waals surface area contributed by atoms with Gasteiger partial charge in [0.2, 0.25) is 5.95 Å². The van der Waals surface area contributed by atoms with Crippen molar-refractivity contribution in [3.05, 3.63) is 45.9 Å². The number of nitrogens with zero attached hydrogens (tertiary/aromatic N) is 6. The van der Waals surface area contributed by atoms with E-state index in [-0.39, 0.29) is 5.56 Å². The van der Waals surface area contributed by atoms with Gasteiger partial charge in [-0.1, -0.05) is 0 Å². The standard InChI is InChI=1S/C18H23FN6O/c19-15-12-20-18(21-13-15)24-8-5-23(6-9-24)7-10-25-17(26)11-14-3-1-2-4-16(14)22-25/h11-13H,1-10H2. The van der Waals surface area contributed by atoms with E-state index in [0.29, 0.717) is 12.5 Å². The SMILES string of the molecule is O=c1cc2c(nn1CCN1CCN(c3ncc(F)cn3)CC1)CCCC2. The Morgan fingerprint density at radius 3 is 2.50 bits per heavy atom. The van der Waals surface area contributed by atoms with Gasteiger partial charge in [0.05, 0.1) is 24.6 Å². The Bertz CT molecular complexity index is 813. The number of aryl methyl sites for hydroxylation is 2. The molecule has 0 aromatic carbocycles. The van der Waals surface area contributed by atoms with Crippen molar-refractivity contribution in [2.75, 3.05) is 37.6 Å². The van der Waals surface area contributed by atoms with Crippen molar-refractivity contribution >= 4 is 5.95 Å². The summed E-state index contributed by atoms with van der Waals surface area (Å²) in [4.78, 5) is 24.7. The van der Waals surface area contributed by atoms with Gasteiger partial charge in [-0.25, -0.2) is 19.0 Å². The predicted molar refractivity (Wildman–Crippen MR) is 95.8 cm³/mol. The number of hydrogen-bond donors (Lipinski definition) is 0. The molecule has 3 heterocycles. The Kier molecular flexibility index (Phi) is 4.92. The summed E-state index contributed by atoms with van der Waals surface area (Å²) in [5.74, 6) is 0.147. The van der Waals surface area contributed by atoms with Crippen molar-refractivity contribution in [3.63, 3.8) is 0 Å². The van der Waals surface area contributed by atoms with Crippen LogP contribution in [0.5, 0.6) is 0 Å². The number of rotatable bonds is 4. The molecule has 0 radical (unpaired) electrons. The second-order valence-electron chi connectivity index (χ2n) is 6.91. The number of anilines is 1. The lowest BCUT2D eigenvalue weighted by Gasteiger charge is -2.34. The molecule has 2 aromatic rings. The van der Waals surface area contributed by atoms with Crippen LogP contribution in [-0.4, -0.2) is 57.4 Å². The van der Waals surface area contributed by atoms with Crippen LogP contribution < -0.4 is 10.5 Å². The van der Waals surface area contributed by atoms with Gasteiger partial charge in [0.1, 0.15) is 0 Å². The van der Waals surface area contributed by atoms with Gasteiger partial charge in [-0.3, -0.25) is 9.69 Å². The van der Waals surface area contributed by atoms with Gasteiger partial charge >= 0.3 is 0 Å². The molecule has 4 rings (SSSR count). The van der Waals surface area contributed by atoms with Crippen LogP contribution in [0.3, 0.4) is 0 Å². The average molecular weight is 358 g/mol. The zero-order chi connectivity index (χ0) is 17.9. The molecule has 7 nitrogen and oxygen atoms in total. The monoisotopic (exact) mass is 358 g/mol. The van der Waals surface area contributed by atoms with Crippen LogP contribution in [0.4, 0.5) is 10.3 Å². The molecule has 1 aliphatic heterocycles. The Morgan fingerprint density at radius 1 is 1.00 bits per heavy atom. The summed E-state index contributed by atoms with van der Waals surface area (Å²) in [6.07, 6.45) is 6.66. The second kappa shape index (κ2) is 7.49. The molecular formula is C18H23FN6O. The Hall–Kier alpha value is -2.35. The number of aromatic nitrogens is 4. The molecule has 26 heavy (non-hydrogen) atoms. The zero-order valence-corrected chi connectivity index (χ0v) is 14.8. The summed E-state index contributed by atoms with van der Waals surface area (Å²) in [6.45, 7) is 4.71. The highest BCUT2D eigenvalue weighted by Crippen LogP contribution is 2.17. The molecule has 0 amide bonds. The highest BCUT2D eigenvalue weighted by atomic mass is 19.1. The van der Waals surface area contributed by atoms with E-state index in [1.54, 1.807) is 10.7 Å². The summed E-state index contributed by atoms with van der Waals surface area (Å²) in [6, 6.07) is 1.77. The molecule has 2 aliphatic rings. The maximum absolute atomic E-state index is 12.9. The first-order valence-corrected chi connectivity index (χ1v) is 9.24. The van der Waals surface area contributed by atoms with E-state index in [9.17, 15) is 9.18 Å². The summed E-state index contributed by atoms with van der Waals surface area (Å²) in [7, 11) is 0. The Labute approximate surface area is 151 Å². The van der Waals surface area contributed by atoms with E-state index in [1.807, 2.05) is 0 Å². The van der Waals surface area contributed by atoms with Crippen molar-refractivity contribution < 1.29 is 4.39 Å². The number of piperazine rings is 1. The molecule has 138 valence electrons. The predicted octanol–water partition coefficient (Wildman–Crippen LogP) is 0.873. The quantitative estimate of drug-likeness (QED) is 0.808. The molecule has 1 saturated heterocycles. The van der Waals surface area contributed by atoms with Gasteiger partial charge < -0.3 is 4.90 Å². The fourth-order valence-electron chi connectivity index (χ4n) is 3.64. The Balaban J connectivity index is 1.32. The van der Waals surface area contributed by atoms with Gasteiger partial charge in [0.15, 0.2) is 5.82 Å². The molecule has 0 spiro atoms. The van der Waals surface area contributed by atoms with Gasteiger partial charge in [0, 0.05) is 38.8 Å². The molecule has 8 heteroatoms. The summed E-state index contributed by atoms with van der Waals surface area (Å²) < 4.78 is 14.5. The molecular weight excluding hydrogens is 335 g/mol. The molecule has 2 aromatic heterocycles. The second-order valence-corrected chi connectivity index (χ2v) is 6.91. The summed E-state index contributed by atoms with van der Waals surface area (Å²) in [5, 5.41) is 4.58. The van der Waals surface area contributed by atoms with E-state index < -0.39 is 5.82 Å². The lowest BCUT2D eigenvalue weighted by atomic mass is 9.97. The number of fused-ring (bicyclic) bond motifs is 1. The molecule has 1 fully saturated rings. The number of hydrogen-bond acceptors (Lipinski definition) is 6. The fourth-order valence-corrected chi connectivity index (χ4v) is 3.64. The molecule has 1 aliphatic carbocycles. The lowest BCUT2D eigenvalue weighted by Crippen LogP contribution is -2.48. The maximum Gasteiger partial charge on any atom is 0.267 e. The van der Waals surface area contributed by atoms with Gasteiger partial charge in [-0.2, -0.15) is 5.10 Å². The first kappa shape index (κ1) is 17.1. The van der Waals surface area contributed by atoms with Crippen molar-refractivity contribution in [2.24, 2.45) is 0 Å². The third-order valence-corrected chi connectivity index (χ3v) is 5.16. The molecule has 0 bridgehead atoms. The zero-order valence-electron chi connectivity index (χ0n) is 14.8. The van der Waals surface area contributed by atoms with Gasteiger partial charge in [-0.05, 0) is 31.2 Å². The van der Waals surface area contributed by atoms with Crippen LogP contribution in [0.25, 0.3) is 0 Å². The average Bonchev–Trinajstić information content (AvgIpc) is 2.67. The largest absolute Gasteiger partial charge is 0.338 e. The highest BCUT2D eigenvalue weighted by molar-refractivity contribution is 5.29. The minimum absolute atomic E-state index is 0.00370. The molecule has 0 atom stereocenters. The van der Waals surface area contributed by atoms with Crippen LogP contribution in [0, 0.1) is 5.82 Å². The first-order valence-electron chi connectivity index (χ1n) is 9.24. The lowest BCUT2D eigenvalue weighted by molar-refractivity contribution is 0.241. The van der Waals surface area contributed by atoms with E-state index in [1.165, 1.54) is 12.4 Å². The van der Waals surface area contributed by atoms with Crippen LogP contribution in [-0.2, 0) is 19.4 Å². The fraction of sp³-hybridized carbons (Fsp3) is 0.556. The van der Waals surface area contributed by atoms with Crippen molar-refractivity contribution in [1.82, 2.24) is 24.6 Å². The van der Waals surface area contributed by atoms with E-state index in [2.05, 4.69) is 24.9 Å². The summed E-state index contributed by atoms with van der Waals surface area (Å²) >= 11 is 0. The van der Waals surface area contributed by atoms with Crippen LogP contribution in [0.2, 0.25) is 0 Å². The Morgan fingerprint density at radius 2 is 1.73 bits per heavy atom. The minimum Gasteiger partial charge on any atom is -0.338 e. The topological polar surface area (TPSA) is 67.2 Å². The minimum atomic E-state index is -0.421. The van der Waals surface area contributed by atoms with Crippen molar-refractivity contribution in [2.45, 2.75) is 32.2 Å². The van der Waals surface area contributed by atoms with E-state index >= 15 is 0 Å². The van der Waals surface area contributed by atoms with Gasteiger partial charge in [0.25, 0.3) is 5.56 Å². The highest BCUT2D eigenvalue weighted by Gasteiger charge is 2.19. The van der Waals surface area contributed by atoms with Crippen LogP contribution >= 0.6 is 0 Å². The normalized spacial score (nSPS) is 18.0. The van der Waals surface area contributed by atoms with Crippen molar-refractivity contribution in [1.29, 1.82) is 0 Å².